The molecular weight excluding hydrogens is 704 g/mol. The van der Waals surface area contributed by atoms with Gasteiger partial charge in [-0.2, -0.15) is 0 Å². The molecular formula is C37H33ClN8O3S2. The highest BCUT2D eigenvalue weighted by molar-refractivity contribution is 7.26. The molecule has 0 aliphatic rings. The lowest BCUT2D eigenvalue weighted by molar-refractivity contribution is 0.390. The van der Waals surface area contributed by atoms with Crippen molar-refractivity contribution in [3.8, 4) is 17.4 Å². The summed E-state index contributed by atoms with van der Waals surface area (Å²) in [5.74, 6) is 3.94. The Morgan fingerprint density at radius 3 is 1.53 bits per heavy atom. The van der Waals surface area contributed by atoms with Gasteiger partial charge in [0.05, 0.1) is 30.7 Å². The van der Waals surface area contributed by atoms with Gasteiger partial charge < -0.3 is 24.8 Å². The molecule has 8 rings (SSSR count). The second kappa shape index (κ2) is 14.9. The molecule has 0 spiro atoms. The summed E-state index contributed by atoms with van der Waals surface area (Å²) in [5, 5.41) is 28.3. The van der Waals surface area contributed by atoms with Crippen molar-refractivity contribution in [2.45, 2.75) is 26.9 Å². The third-order valence-electron chi connectivity index (χ3n) is 8.44. The Morgan fingerprint density at radius 1 is 0.588 bits per heavy atom. The van der Waals surface area contributed by atoms with Gasteiger partial charge in [-0.15, -0.1) is 43.1 Å². The highest BCUT2D eigenvalue weighted by atomic mass is 35.5. The number of methoxy groups -OCH3 is 3. The van der Waals surface area contributed by atoms with Crippen LogP contribution in [0.25, 0.3) is 40.6 Å². The van der Waals surface area contributed by atoms with E-state index in [0.29, 0.717) is 24.1 Å². The summed E-state index contributed by atoms with van der Waals surface area (Å²) in [7, 11) is 4.94. The molecule has 0 aliphatic carbocycles. The average Bonchev–Trinajstić information content (AvgIpc) is 3.75. The summed E-state index contributed by atoms with van der Waals surface area (Å²) in [6.45, 7) is 5.33. The third kappa shape index (κ3) is 6.87. The van der Waals surface area contributed by atoms with Crippen molar-refractivity contribution in [1.29, 1.82) is 0 Å². The van der Waals surface area contributed by atoms with Crippen molar-refractivity contribution >= 4 is 86.5 Å². The van der Waals surface area contributed by atoms with Gasteiger partial charge in [0.15, 0.2) is 5.15 Å². The summed E-state index contributed by atoms with van der Waals surface area (Å²) in [6.07, 6.45) is 3.62. The predicted octanol–water partition coefficient (Wildman–Crippen LogP) is 9.00. The standard InChI is InChI=1S/C19H18N4O2S.C18H15ClN4OS/c1-11-15-14-8-9-20-17(16(14)26-19(15)23-22-18(11)25-3)21-10-12-4-6-13(24-2)7-5-12;1-10-14-13-7-8-20-17(15(13)25-18(14)23-22-16(10)19)21-9-11-3-5-12(24-2)6-4-11/h4-9H,10H2,1-3H3,(H,20,21);3-8H,9H2,1-2H3,(H,20,21). The predicted molar refractivity (Wildman–Crippen MR) is 207 cm³/mol. The normalized spacial score (nSPS) is 11.1. The van der Waals surface area contributed by atoms with Gasteiger partial charge in [-0.1, -0.05) is 35.9 Å². The first-order valence-corrected chi connectivity index (χ1v) is 17.9. The van der Waals surface area contributed by atoms with Crippen molar-refractivity contribution in [1.82, 2.24) is 30.4 Å². The maximum Gasteiger partial charge on any atom is 0.236 e. The van der Waals surface area contributed by atoms with E-state index in [2.05, 4.69) is 41.0 Å². The number of fused-ring (bicyclic) bond motifs is 6. The molecule has 0 atom stereocenters. The van der Waals surface area contributed by atoms with Crippen LogP contribution in [0.1, 0.15) is 22.3 Å². The van der Waals surface area contributed by atoms with E-state index in [1.165, 1.54) is 0 Å². The third-order valence-corrected chi connectivity index (χ3v) is 11.0. The molecule has 51 heavy (non-hydrogen) atoms. The highest BCUT2D eigenvalue weighted by Crippen LogP contribution is 2.40. The summed E-state index contributed by atoms with van der Waals surface area (Å²) in [6, 6.07) is 20.0. The number of aryl methyl sites for hydroxylation is 2. The number of halogens is 1. The molecule has 0 aliphatic heterocycles. The number of hydrogen-bond acceptors (Lipinski definition) is 13. The molecule has 11 nitrogen and oxygen atoms in total. The molecule has 0 amide bonds. The summed E-state index contributed by atoms with van der Waals surface area (Å²) in [4.78, 5) is 10.8. The monoisotopic (exact) mass is 736 g/mol. The molecule has 6 heterocycles. The lowest BCUT2D eigenvalue weighted by atomic mass is 10.1. The van der Waals surface area contributed by atoms with Crippen LogP contribution in [0.5, 0.6) is 17.4 Å². The Hall–Kier alpha value is -5.37. The molecule has 8 aromatic rings. The molecule has 0 radical (unpaired) electrons. The summed E-state index contributed by atoms with van der Waals surface area (Å²) < 4.78 is 17.8. The molecule has 2 aromatic carbocycles. The number of benzene rings is 2. The van der Waals surface area contributed by atoms with Gasteiger partial charge in [0.1, 0.15) is 32.8 Å². The fourth-order valence-electron chi connectivity index (χ4n) is 5.73. The van der Waals surface area contributed by atoms with E-state index in [4.69, 9.17) is 25.8 Å². The molecule has 0 unspecified atom stereocenters. The average molecular weight is 737 g/mol. The number of nitrogens with zero attached hydrogens (tertiary/aromatic N) is 6. The Bertz CT molecular complexity index is 2490. The van der Waals surface area contributed by atoms with E-state index in [1.54, 1.807) is 50.2 Å². The number of thiophene rings is 2. The van der Waals surface area contributed by atoms with Crippen LogP contribution in [-0.2, 0) is 13.1 Å². The van der Waals surface area contributed by atoms with Crippen LogP contribution >= 0.6 is 34.3 Å². The van der Waals surface area contributed by atoms with E-state index in [9.17, 15) is 0 Å². The van der Waals surface area contributed by atoms with Gasteiger partial charge in [0.2, 0.25) is 5.88 Å². The van der Waals surface area contributed by atoms with Gasteiger partial charge >= 0.3 is 0 Å². The minimum absolute atomic E-state index is 0.441. The van der Waals surface area contributed by atoms with Crippen LogP contribution in [0.3, 0.4) is 0 Å². The van der Waals surface area contributed by atoms with E-state index in [1.807, 2.05) is 80.7 Å². The van der Waals surface area contributed by atoms with E-state index in [0.717, 1.165) is 86.0 Å². The van der Waals surface area contributed by atoms with E-state index in [-0.39, 0.29) is 0 Å². The SMILES string of the molecule is COc1ccc(CNc2nccc3c2sc2nnc(Cl)c(C)c23)cc1.COc1ccc(CNc2nccc3c2sc2nnc(OC)c(C)c23)cc1. The molecule has 0 saturated heterocycles. The Morgan fingerprint density at radius 2 is 1.06 bits per heavy atom. The molecule has 6 aromatic heterocycles. The van der Waals surface area contributed by atoms with Crippen molar-refractivity contribution in [3.05, 3.63) is 100 Å². The zero-order valence-electron chi connectivity index (χ0n) is 28.4. The van der Waals surface area contributed by atoms with Crippen molar-refractivity contribution in [3.63, 3.8) is 0 Å². The largest absolute Gasteiger partial charge is 0.497 e. The van der Waals surface area contributed by atoms with Crippen molar-refractivity contribution < 1.29 is 14.2 Å². The maximum absolute atomic E-state index is 6.14. The highest BCUT2D eigenvalue weighted by Gasteiger charge is 2.17. The quantitative estimate of drug-likeness (QED) is 0.147. The van der Waals surface area contributed by atoms with E-state index >= 15 is 0 Å². The molecule has 258 valence electrons. The van der Waals surface area contributed by atoms with Gasteiger partial charge in [0.25, 0.3) is 0 Å². The second-order valence-corrected chi connectivity index (χ2v) is 13.8. The van der Waals surface area contributed by atoms with Gasteiger partial charge in [-0.25, -0.2) is 9.97 Å². The van der Waals surface area contributed by atoms with Crippen LogP contribution in [-0.4, -0.2) is 51.7 Å². The maximum atomic E-state index is 6.14. The molecule has 2 N–H and O–H groups in total. The Kier molecular flexibility index (Phi) is 9.93. The lowest BCUT2D eigenvalue weighted by Gasteiger charge is -2.07. The Labute approximate surface area is 306 Å². The first-order valence-electron chi connectivity index (χ1n) is 15.9. The van der Waals surface area contributed by atoms with Gasteiger partial charge in [0, 0.05) is 52.6 Å². The van der Waals surface area contributed by atoms with Crippen molar-refractivity contribution in [2.75, 3.05) is 32.0 Å². The zero-order valence-corrected chi connectivity index (χ0v) is 30.8. The first-order chi connectivity index (χ1) is 24.9. The Balaban J connectivity index is 0.000000159. The molecule has 14 heteroatoms. The van der Waals surface area contributed by atoms with Gasteiger partial charge in [-0.05, 0) is 66.9 Å². The topological polar surface area (TPSA) is 129 Å². The van der Waals surface area contributed by atoms with Crippen molar-refractivity contribution in [2.24, 2.45) is 0 Å². The number of anilines is 2. The zero-order chi connectivity index (χ0) is 35.5. The van der Waals surface area contributed by atoms with E-state index < -0.39 is 0 Å². The fraction of sp³-hybridized carbons (Fsp3) is 0.189. The van der Waals surface area contributed by atoms with Crippen LogP contribution < -0.4 is 24.8 Å². The number of rotatable bonds is 9. The van der Waals surface area contributed by atoms with Crippen LogP contribution in [0.15, 0.2) is 73.1 Å². The number of hydrogen-bond donors (Lipinski definition) is 2. The number of nitrogens with one attached hydrogen (secondary N) is 2. The van der Waals surface area contributed by atoms with Crippen LogP contribution in [0.4, 0.5) is 11.6 Å². The number of aromatic nitrogens is 6. The molecule has 0 bridgehead atoms. The minimum atomic E-state index is 0.441. The molecule has 0 saturated carbocycles. The summed E-state index contributed by atoms with van der Waals surface area (Å²) >= 11 is 9.30. The first kappa shape index (κ1) is 34.1. The lowest BCUT2D eigenvalue weighted by Crippen LogP contribution is -2.01. The van der Waals surface area contributed by atoms with Crippen LogP contribution in [0.2, 0.25) is 5.15 Å². The number of pyridine rings is 2. The smallest absolute Gasteiger partial charge is 0.236 e. The summed E-state index contributed by atoms with van der Waals surface area (Å²) in [5.41, 5.74) is 4.25. The second-order valence-electron chi connectivity index (χ2n) is 11.5. The number of ether oxygens (including phenoxy) is 3. The van der Waals surface area contributed by atoms with Crippen LogP contribution in [0, 0.1) is 13.8 Å². The van der Waals surface area contributed by atoms with Gasteiger partial charge in [-0.3, -0.25) is 0 Å². The fourth-order valence-corrected chi connectivity index (χ4v) is 8.15. The minimum Gasteiger partial charge on any atom is -0.497 e. The molecule has 0 fully saturated rings.